The van der Waals surface area contributed by atoms with Crippen molar-refractivity contribution in [3.05, 3.63) is 16.1 Å². The molecule has 21 heavy (non-hydrogen) atoms. The second kappa shape index (κ2) is 6.48. The highest BCUT2D eigenvalue weighted by atomic mass is 32.1. The third-order valence-corrected chi connectivity index (χ3v) is 4.28. The van der Waals surface area contributed by atoms with Crippen molar-refractivity contribution in [3.8, 4) is 0 Å². The first-order valence-electron chi connectivity index (χ1n) is 6.75. The number of carbonyl (C=O) groups is 1. The van der Waals surface area contributed by atoms with Crippen molar-refractivity contribution in [3.63, 3.8) is 0 Å². The van der Waals surface area contributed by atoms with Crippen LogP contribution in [-0.4, -0.2) is 27.6 Å². The van der Waals surface area contributed by atoms with Crippen LogP contribution in [0.25, 0.3) is 0 Å². The highest BCUT2D eigenvalue weighted by molar-refractivity contribution is 7.17. The molecule has 0 saturated heterocycles. The van der Waals surface area contributed by atoms with E-state index < -0.39 is 0 Å². The smallest absolute Gasteiger partial charge is 0.288 e. The van der Waals surface area contributed by atoms with Crippen molar-refractivity contribution in [2.45, 2.75) is 39.5 Å². The van der Waals surface area contributed by atoms with Gasteiger partial charge >= 0.3 is 0 Å². The van der Waals surface area contributed by atoms with Crippen LogP contribution in [0.1, 0.15) is 49.6 Å². The van der Waals surface area contributed by atoms with E-state index in [1.54, 1.807) is 0 Å². The summed E-state index contributed by atoms with van der Waals surface area (Å²) in [5.41, 5.74) is 0.935. The SMILES string of the molecule is CCCNc1nnc(C(=O)Nc2nc(C(C)(C)C)cs2)s1. The Labute approximate surface area is 132 Å². The van der Waals surface area contributed by atoms with Crippen LogP contribution in [0, 0.1) is 0 Å². The lowest BCUT2D eigenvalue weighted by atomic mass is 9.93. The van der Waals surface area contributed by atoms with E-state index in [1.165, 1.54) is 22.7 Å². The van der Waals surface area contributed by atoms with Crippen LogP contribution in [0.5, 0.6) is 0 Å². The van der Waals surface area contributed by atoms with E-state index in [2.05, 4.69) is 53.5 Å². The van der Waals surface area contributed by atoms with Crippen LogP contribution in [0.4, 0.5) is 10.3 Å². The topological polar surface area (TPSA) is 79.8 Å². The lowest BCUT2D eigenvalue weighted by Crippen LogP contribution is -2.14. The Morgan fingerprint density at radius 2 is 2.05 bits per heavy atom. The Kier molecular flexibility index (Phi) is 4.89. The molecule has 0 saturated carbocycles. The molecule has 2 N–H and O–H groups in total. The van der Waals surface area contributed by atoms with Gasteiger partial charge in [-0.1, -0.05) is 39.0 Å². The van der Waals surface area contributed by atoms with Crippen LogP contribution in [0.15, 0.2) is 5.38 Å². The van der Waals surface area contributed by atoms with Crippen molar-refractivity contribution in [1.29, 1.82) is 0 Å². The zero-order chi connectivity index (χ0) is 15.5. The first kappa shape index (κ1) is 15.8. The zero-order valence-corrected chi connectivity index (χ0v) is 14.2. The number of anilines is 2. The maximum atomic E-state index is 12.1. The minimum absolute atomic E-state index is 0.0283. The second-order valence-electron chi connectivity index (χ2n) is 5.58. The molecule has 0 aromatic carbocycles. The molecule has 0 aliphatic carbocycles. The summed E-state index contributed by atoms with van der Waals surface area (Å²) in [7, 11) is 0. The van der Waals surface area contributed by atoms with Gasteiger partial charge in [-0.2, -0.15) is 0 Å². The van der Waals surface area contributed by atoms with Crippen LogP contribution < -0.4 is 10.6 Å². The summed E-state index contributed by atoms with van der Waals surface area (Å²) >= 11 is 2.66. The molecule has 2 aromatic heterocycles. The molecule has 2 rings (SSSR count). The number of thiazole rings is 1. The number of rotatable bonds is 5. The van der Waals surface area contributed by atoms with Gasteiger partial charge in [-0.05, 0) is 6.42 Å². The van der Waals surface area contributed by atoms with E-state index in [0.29, 0.717) is 15.3 Å². The van der Waals surface area contributed by atoms with Crippen LogP contribution in [0.2, 0.25) is 0 Å². The number of amides is 1. The van der Waals surface area contributed by atoms with Gasteiger partial charge in [-0.15, -0.1) is 21.5 Å². The third-order valence-electron chi connectivity index (χ3n) is 2.64. The molecule has 0 fully saturated rings. The average Bonchev–Trinajstić information content (AvgIpc) is 3.04. The van der Waals surface area contributed by atoms with Gasteiger partial charge in [0.25, 0.3) is 5.91 Å². The molecule has 0 spiro atoms. The normalized spacial score (nSPS) is 11.4. The predicted octanol–water partition coefficient (Wildman–Crippen LogP) is 3.37. The molecule has 0 aliphatic rings. The van der Waals surface area contributed by atoms with Crippen LogP contribution >= 0.6 is 22.7 Å². The summed E-state index contributed by atoms with van der Waals surface area (Å²) in [6.45, 7) is 9.15. The quantitative estimate of drug-likeness (QED) is 0.881. The largest absolute Gasteiger partial charge is 0.360 e. The summed E-state index contributed by atoms with van der Waals surface area (Å²) in [6, 6.07) is 0. The van der Waals surface area contributed by atoms with Gasteiger partial charge in [0.1, 0.15) is 0 Å². The molecule has 0 aliphatic heterocycles. The number of nitrogens with one attached hydrogen (secondary N) is 2. The lowest BCUT2D eigenvalue weighted by Gasteiger charge is -2.14. The fraction of sp³-hybridized carbons (Fsp3) is 0.538. The second-order valence-corrected chi connectivity index (χ2v) is 7.42. The molecule has 2 aromatic rings. The van der Waals surface area contributed by atoms with Crippen molar-refractivity contribution < 1.29 is 4.79 Å². The van der Waals surface area contributed by atoms with Crippen molar-refractivity contribution in [2.75, 3.05) is 17.2 Å². The Balaban J connectivity index is 2.01. The lowest BCUT2D eigenvalue weighted by molar-refractivity contribution is 0.102. The van der Waals surface area contributed by atoms with Gasteiger partial charge in [0.2, 0.25) is 10.1 Å². The molecule has 0 bridgehead atoms. The maximum absolute atomic E-state index is 12.1. The average molecular weight is 325 g/mol. The van der Waals surface area contributed by atoms with E-state index in [4.69, 9.17) is 0 Å². The summed E-state index contributed by atoms with van der Waals surface area (Å²) in [4.78, 5) is 16.5. The van der Waals surface area contributed by atoms with E-state index in [1.807, 2.05) is 5.38 Å². The molecule has 114 valence electrons. The number of aromatic nitrogens is 3. The molecule has 0 unspecified atom stereocenters. The minimum atomic E-state index is -0.271. The highest BCUT2D eigenvalue weighted by Crippen LogP contribution is 2.27. The zero-order valence-electron chi connectivity index (χ0n) is 12.6. The van der Waals surface area contributed by atoms with Gasteiger partial charge in [0, 0.05) is 17.3 Å². The number of nitrogens with zero attached hydrogens (tertiary/aromatic N) is 3. The third kappa shape index (κ3) is 4.21. The van der Waals surface area contributed by atoms with E-state index in [0.717, 1.165) is 18.7 Å². The van der Waals surface area contributed by atoms with Gasteiger partial charge in [0.15, 0.2) is 5.13 Å². The Hall–Kier alpha value is -1.54. The van der Waals surface area contributed by atoms with Crippen LogP contribution in [-0.2, 0) is 5.41 Å². The van der Waals surface area contributed by atoms with Gasteiger partial charge in [-0.3, -0.25) is 10.1 Å². The molecule has 6 nitrogen and oxygen atoms in total. The Morgan fingerprint density at radius 3 is 2.67 bits per heavy atom. The Morgan fingerprint density at radius 1 is 1.29 bits per heavy atom. The predicted molar refractivity (Wildman–Crippen MR) is 87.5 cm³/mol. The van der Waals surface area contributed by atoms with Crippen molar-refractivity contribution >= 4 is 38.8 Å². The Bertz CT molecular complexity index is 614. The van der Waals surface area contributed by atoms with Gasteiger partial charge in [0.05, 0.1) is 5.69 Å². The molecule has 2 heterocycles. The maximum Gasteiger partial charge on any atom is 0.288 e. The first-order chi connectivity index (χ1) is 9.90. The fourth-order valence-electron chi connectivity index (χ4n) is 1.44. The molecule has 1 amide bonds. The van der Waals surface area contributed by atoms with Crippen LogP contribution in [0.3, 0.4) is 0 Å². The summed E-state index contributed by atoms with van der Waals surface area (Å²) in [6.07, 6.45) is 0.996. The standard InChI is InChI=1S/C13H19N5OS2/c1-5-6-14-11-18-17-10(21-11)9(19)16-12-15-8(7-20-12)13(2,3)4/h7H,5-6H2,1-4H3,(H,14,18)(H,15,16,19). The highest BCUT2D eigenvalue weighted by Gasteiger charge is 2.19. The van der Waals surface area contributed by atoms with Gasteiger partial charge in [-0.25, -0.2) is 4.98 Å². The minimum Gasteiger partial charge on any atom is -0.360 e. The van der Waals surface area contributed by atoms with Crippen molar-refractivity contribution in [1.82, 2.24) is 15.2 Å². The number of hydrogen-bond donors (Lipinski definition) is 2. The number of carbonyl (C=O) groups excluding carboxylic acids is 1. The monoisotopic (exact) mass is 325 g/mol. The van der Waals surface area contributed by atoms with E-state index >= 15 is 0 Å². The molecule has 0 atom stereocenters. The molecule has 8 heteroatoms. The summed E-state index contributed by atoms with van der Waals surface area (Å²) < 4.78 is 0. The fourth-order valence-corrected chi connectivity index (χ4v) is 3.04. The van der Waals surface area contributed by atoms with Crippen molar-refractivity contribution in [2.24, 2.45) is 0 Å². The molecule has 0 radical (unpaired) electrons. The number of hydrogen-bond acceptors (Lipinski definition) is 7. The van der Waals surface area contributed by atoms with E-state index in [-0.39, 0.29) is 11.3 Å². The van der Waals surface area contributed by atoms with E-state index in [9.17, 15) is 4.79 Å². The van der Waals surface area contributed by atoms with Gasteiger partial charge < -0.3 is 5.32 Å². The molecular formula is C13H19N5OS2. The summed E-state index contributed by atoms with van der Waals surface area (Å²) in [5, 5.41) is 17.3. The summed E-state index contributed by atoms with van der Waals surface area (Å²) in [5.74, 6) is -0.271. The molecular weight excluding hydrogens is 306 g/mol. The first-order valence-corrected chi connectivity index (χ1v) is 8.44.